The number of aromatic nitrogens is 2. The van der Waals surface area contributed by atoms with Crippen LogP contribution in [-0.2, 0) is 9.53 Å². The minimum atomic E-state index is -0.465. The molecule has 8 nitrogen and oxygen atoms in total. The molecule has 2 unspecified atom stereocenters. The fourth-order valence-corrected chi connectivity index (χ4v) is 4.79. The summed E-state index contributed by atoms with van der Waals surface area (Å²) in [5.74, 6) is 0.414. The molecule has 2 atom stereocenters. The van der Waals surface area contributed by atoms with Crippen molar-refractivity contribution in [3.8, 4) is 11.3 Å². The standard InChI is InChI=1S/C19H24N6O2S/c1-21-17(26)16-14(20)13-15(23-19(22-2)24-18(13)28-16)11-4-3-5-12(10-11)25-6-8-27-9-7-25/h3-5,10,14,16H,6-9,20H2,1-2H3,(H,21,26)(H,22,23,24). The summed E-state index contributed by atoms with van der Waals surface area (Å²) in [5, 5.41) is 6.05. The van der Waals surface area contributed by atoms with E-state index < -0.39 is 11.3 Å². The molecule has 1 amide bonds. The fraction of sp³-hybridized carbons (Fsp3) is 0.421. The van der Waals surface area contributed by atoms with Crippen LogP contribution in [0.3, 0.4) is 0 Å². The zero-order valence-corrected chi connectivity index (χ0v) is 16.8. The Hall–Kier alpha value is -2.36. The molecule has 2 aliphatic heterocycles. The molecular formula is C19H24N6O2S. The van der Waals surface area contributed by atoms with Crippen molar-refractivity contribution in [3.05, 3.63) is 29.8 Å². The number of benzene rings is 1. The second kappa shape index (κ2) is 7.94. The average molecular weight is 401 g/mol. The number of anilines is 2. The number of hydrogen-bond donors (Lipinski definition) is 3. The van der Waals surface area contributed by atoms with Gasteiger partial charge in [-0.3, -0.25) is 4.79 Å². The van der Waals surface area contributed by atoms with Crippen molar-refractivity contribution in [2.24, 2.45) is 5.73 Å². The van der Waals surface area contributed by atoms with E-state index in [0.717, 1.165) is 53.8 Å². The molecule has 3 heterocycles. The van der Waals surface area contributed by atoms with Crippen molar-refractivity contribution in [1.29, 1.82) is 0 Å². The van der Waals surface area contributed by atoms with Gasteiger partial charge in [-0.15, -0.1) is 0 Å². The van der Waals surface area contributed by atoms with Crippen LogP contribution in [0.2, 0.25) is 0 Å². The average Bonchev–Trinajstić information content (AvgIpc) is 3.09. The fourth-order valence-electron chi connectivity index (χ4n) is 3.55. The number of nitrogens with one attached hydrogen (secondary N) is 2. The van der Waals surface area contributed by atoms with Gasteiger partial charge in [-0.25, -0.2) is 9.97 Å². The molecule has 4 N–H and O–H groups in total. The predicted molar refractivity (Wildman–Crippen MR) is 111 cm³/mol. The van der Waals surface area contributed by atoms with Gasteiger partial charge in [0.15, 0.2) is 0 Å². The van der Waals surface area contributed by atoms with Crippen LogP contribution < -0.4 is 21.3 Å². The van der Waals surface area contributed by atoms with Crippen LogP contribution in [0, 0.1) is 0 Å². The first-order valence-electron chi connectivity index (χ1n) is 9.29. The third-order valence-corrected chi connectivity index (χ3v) is 6.33. The molecule has 28 heavy (non-hydrogen) atoms. The van der Waals surface area contributed by atoms with E-state index in [0.29, 0.717) is 5.95 Å². The first-order valence-corrected chi connectivity index (χ1v) is 10.2. The van der Waals surface area contributed by atoms with Gasteiger partial charge in [0.2, 0.25) is 11.9 Å². The highest BCUT2D eigenvalue weighted by atomic mass is 32.2. The van der Waals surface area contributed by atoms with Gasteiger partial charge in [0.05, 0.1) is 24.9 Å². The van der Waals surface area contributed by atoms with Crippen LogP contribution in [0.15, 0.2) is 29.3 Å². The van der Waals surface area contributed by atoms with Crippen molar-refractivity contribution in [2.45, 2.75) is 16.3 Å². The van der Waals surface area contributed by atoms with Crippen LogP contribution in [0.4, 0.5) is 11.6 Å². The Kier molecular flexibility index (Phi) is 5.38. The number of hydrogen-bond acceptors (Lipinski definition) is 8. The van der Waals surface area contributed by atoms with E-state index >= 15 is 0 Å². The molecule has 1 fully saturated rings. The third-order valence-electron chi connectivity index (χ3n) is 5.03. The molecule has 2 aliphatic rings. The number of thioether (sulfide) groups is 1. The van der Waals surface area contributed by atoms with Crippen molar-refractivity contribution >= 4 is 29.3 Å². The van der Waals surface area contributed by atoms with Crippen LogP contribution in [0.25, 0.3) is 11.3 Å². The van der Waals surface area contributed by atoms with Gasteiger partial charge in [0.1, 0.15) is 10.3 Å². The van der Waals surface area contributed by atoms with E-state index in [9.17, 15) is 4.79 Å². The maximum Gasteiger partial charge on any atom is 0.235 e. The van der Waals surface area contributed by atoms with Gasteiger partial charge in [-0.1, -0.05) is 23.9 Å². The lowest BCUT2D eigenvalue weighted by molar-refractivity contribution is -0.120. The molecule has 0 aliphatic carbocycles. The lowest BCUT2D eigenvalue weighted by Gasteiger charge is -2.29. The Bertz CT molecular complexity index is 887. The van der Waals surface area contributed by atoms with E-state index in [4.69, 9.17) is 15.5 Å². The summed E-state index contributed by atoms with van der Waals surface area (Å²) in [6, 6.07) is 7.80. The van der Waals surface area contributed by atoms with Gasteiger partial charge in [0.25, 0.3) is 0 Å². The highest BCUT2D eigenvalue weighted by Gasteiger charge is 2.39. The Labute approximate surface area is 168 Å². The third kappa shape index (κ3) is 3.41. The summed E-state index contributed by atoms with van der Waals surface area (Å²) < 4.78 is 5.46. The maximum absolute atomic E-state index is 12.3. The van der Waals surface area contributed by atoms with Crippen molar-refractivity contribution < 1.29 is 9.53 Å². The summed E-state index contributed by atoms with van der Waals surface area (Å²) in [5.41, 5.74) is 10.2. The van der Waals surface area contributed by atoms with Crippen LogP contribution in [0.1, 0.15) is 11.6 Å². The molecule has 1 aromatic heterocycles. The molecule has 148 valence electrons. The van der Waals surface area contributed by atoms with Crippen LogP contribution >= 0.6 is 11.8 Å². The largest absolute Gasteiger partial charge is 0.378 e. The van der Waals surface area contributed by atoms with E-state index in [1.54, 1.807) is 14.1 Å². The topological polar surface area (TPSA) is 105 Å². The van der Waals surface area contributed by atoms with Crippen LogP contribution in [-0.4, -0.2) is 61.5 Å². The molecule has 1 aromatic carbocycles. The zero-order chi connectivity index (χ0) is 19.7. The molecule has 9 heteroatoms. The first-order chi connectivity index (χ1) is 13.6. The molecule has 1 saturated heterocycles. The van der Waals surface area contributed by atoms with Gasteiger partial charge >= 0.3 is 0 Å². The van der Waals surface area contributed by atoms with E-state index in [1.807, 2.05) is 12.1 Å². The lowest BCUT2D eigenvalue weighted by Crippen LogP contribution is -2.36. The number of nitrogens with two attached hydrogens (primary N) is 1. The minimum Gasteiger partial charge on any atom is -0.378 e. The highest BCUT2D eigenvalue weighted by molar-refractivity contribution is 8.01. The Morgan fingerprint density at radius 2 is 2.07 bits per heavy atom. The number of rotatable bonds is 4. The number of morpholine rings is 1. The summed E-state index contributed by atoms with van der Waals surface area (Å²) in [6.45, 7) is 3.18. The van der Waals surface area contributed by atoms with Crippen molar-refractivity contribution in [3.63, 3.8) is 0 Å². The molecule has 0 saturated carbocycles. The number of fused-ring (bicyclic) bond motifs is 1. The Balaban J connectivity index is 1.77. The number of nitrogens with zero attached hydrogens (tertiary/aromatic N) is 3. The molecule has 0 spiro atoms. The zero-order valence-electron chi connectivity index (χ0n) is 15.9. The normalized spacial score (nSPS) is 21.3. The molecular weight excluding hydrogens is 376 g/mol. The summed E-state index contributed by atoms with van der Waals surface area (Å²) in [6.07, 6.45) is 0. The molecule has 2 aromatic rings. The number of amides is 1. The Morgan fingerprint density at radius 3 is 2.79 bits per heavy atom. The second-order valence-electron chi connectivity index (χ2n) is 6.69. The summed E-state index contributed by atoms with van der Waals surface area (Å²) in [4.78, 5) is 23.8. The van der Waals surface area contributed by atoms with Crippen LogP contribution in [0.5, 0.6) is 0 Å². The first kappa shape index (κ1) is 19.0. The number of ether oxygens (including phenoxy) is 1. The smallest absolute Gasteiger partial charge is 0.235 e. The Morgan fingerprint density at radius 1 is 1.29 bits per heavy atom. The molecule has 0 radical (unpaired) electrons. The number of carbonyl (C=O) groups excluding carboxylic acids is 1. The second-order valence-corrected chi connectivity index (χ2v) is 7.82. The minimum absolute atomic E-state index is 0.102. The van der Waals surface area contributed by atoms with Gasteiger partial charge in [-0.05, 0) is 12.1 Å². The maximum atomic E-state index is 12.3. The molecule has 4 rings (SSSR count). The number of carbonyl (C=O) groups is 1. The van der Waals surface area contributed by atoms with E-state index in [2.05, 4.69) is 32.7 Å². The van der Waals surface area contributed by atoms with Gasteiger partial charge < -0.3 is 26.0 Å². The van der Waals surface area contributed by atoms with Gasteiger partial charge in [-0.2, -0.15) is 0 Å². The van der Waals surface area contributed by atoms with E-state index in [-0.39, 0.29) is 5.91 Å². The monoisotopic (exact) mass is 400 g/mol. The highest BCUT2D eigenvalue weighted by Crippen LogP contribution is 2.46. The summed E-state index contributed by atoms with van der Waals surface area (Å²) >= 11 is 1.39. The van der Waals surface area contributed by atoms with Gasteiger partial charge in [0, 0.05) is 44.0 Å². The predicted octanol–water partition coefficient (Wildman–Crippen LogP) is 1.24. The van der Waals surface area contributed by atoms with Crippen molar-refractivity contribution in [1.82, 2.24) is 15.3 Å². The SMILES string of the molecule is CNC(=O)C1Sc2nc(NC)nc(-c3cccc(N4CCOCC4)c3)c2C1N. The van der Waals surface area contributed by atoms with E-state index in [1.165, 1.54) is 11.8 Å². The molecule has 0 bridgehead atoms. The summed E-state index contributed by atoms with van der Waals surface area (Å²) in [7, 11) is 3.40. The lowest BCUT2D eigenvalue weighted by atomic mass is 9.99. The quantitative estimate of drug-likeness (QED) is 0.659. The van der Waals surface area contributed by atoms with Crippen molar-refractivity contribution in [2.75, 3.05) is 50.6 Å².